The lowest BCUT2D eigenvalue weighted by molar-refractivity contribution is -0.142. The summed E-state index contributed by atoms with van der Waals surface area (Å²) >= 11 is 6.01. The maximum absolute atomic E-state index is 11.8. The molecule has 0 saturated heterocycles. The van der Waals surface area contributed by atoms with Crippen molar-refractivity contribution in [1.82, 2.24) is 5.32 Å². The zero-order valence-electron chi connectivity index (χ0n) is 12.6. The predicted octanol–water partition coefficient (Wildman–Crippen LogP) is 1.89. The Hall–Kier alpha value is -1.79. The van der Waals surface area contributed by atoms with E-state index in [4.69, 9.17) is 26.2 Å². The zero-order valence-corrected chi connectivity index (χ0v) is 13.4. The minimum atomic E-state index is -1.07. The van der Waals surface area contributed by atoms with E-state index in [1.807, 2.05) is 6.07 Å². The summed E-state index contributed by atoms with van der Waals surface area (Å²) in [6, 6.07) is 4.34. The Morgan fingerprint density at radius 1 is 1.36 bits per heavy atom. The molecule has 1 aromatic carbocycles. The molecule has 2 N–H and O–H groups in total. The zero-order chi connectivity index (χ0) is 16.5. The highest BCUT2D eigenvalue weighted by molar-refractivity contribution is 6.32. The van der Waals surface area contributed by atoms with Crippen molar-refractivity contribution < 1.29 is 24.2 Å². The number of carbonyl (C=O) groups excluding carboxylic acids is 1. The van der Waals surface area contributed by atoms with Crippen molar-refractivity contribution in [2.75, 3.05) is 20.8 Å². The van der Waals surface area contributed by atoms with E-state index >= 15 is 0 Å². The molecule has 0 fully saturated rings. The summed E-state index contributed by atoms with van der Waals surface area (Å²) in [7, 11) is 3.01. The van der Waals surface area contributed by atoms with E-state index in [-0.39, 0.29) is 25.4 Å². The lowest BCUT2D eigenvalue weighted by Gasteiger charge is -2.14. The van der Waals surface area contributed by atoms with Crippen LogP contribution in [0.1, 0.15) is 18.4 Å². The summed E-state index contributed by atoms with van der Waals surface area (Å²) in [5.74, 6) is -0.825. The molecule has 0 aliphatic carbocycles. The number of aliphatic carboxylic acids is 1. The Labute approximate surface area is 134 Å². The SMILES string of the molecule is COCCC(NC(=O)CCc1ccc(OC)c(Cl)c1)C(=O)O. The number of rotatable bonds is 9. The van der Waals surface area contributed by atoms with Crippen molar-refractivity contribution in [3.8, 4) is 5.75 Å². The van der Waals surface area contributed by atoms with Crippen LogP contribution in [0.3, 0.4) is 0 Å². The molecular formula is C15H20ClNO5. The number of ether oxygens (including phenoxy) is 2. The van der Waals surface area contributed by atoms with Gasteiger partial charge in [-0.2, -0.15) is 0 Å². The van der Waals surface area contributed by atoms with E-state index in [1.54, 1.807) is 12.1 Å². The minimum absolute atomic E-state index is 0.180. The summed E-state index contributed by atoms with van der Waals surface area (Å²) < 4.78 is 9.88. The highest BCUT2D eigenvalue weighted by Gasteiger charge is 2.19. The van der Waals surface area contributed by atoms with Gasteiger partial charge in [0.25, 0.3) is 0 Å². The van der Waals surface area contributed by atoms with Gasteiger partial charge in [0.15, 0.2) is 0 Å². The summed E-state index contributed by atoms with van der Waals surface area (Å²) in [6.45, 7) is 0.269. The molecule has 6 nitrogen and oxygen atoms in total. The second kappa shape index (κ2) is 9.27. The lowest BCUT2D eigenvalue weighted by Crippen LogP contribution is -2.41. The Morgan fingerprint density at radius 3 is 2.64 bits per heavy atom. The summed E-state index contributed by atoms with van der Waals surface area (Å²) in [5.41, 5.74) is 0.879. The van der Waals surface area contributed by atoms with Crippen molar-refractivity contribution in [2.45, 2.75) is 25.3 Å². The predicted molar refractivity (Wildman–Crippen MR) is 82.4 cm³/mol. The molecule has 0 heterocycles. The number of nitrogens with one attached hydrogen (secondary N) is 1. The van der Waals surface area contributed by atoms with Crippen molar-refractivity contribution in [2.24, 2.45) is 0 Å². The number of methoxy groups -OCH3 is 2. The Kier molecular flexibility index (Phi) is 7.70. The van der Waals surface area contributed by atoms with Crippen molar-refractivity contribution in [3.05, 3.63) is 28.8 Å². The fourth-order valence-electron chi connectivity index (χ4n) is 1.88. The van der Waals surface area contributed by atoms with Gasteiger partial charge in [0.1, 0.15) is 11.8 Å². The van der Waals surface area contributed by atoms with Gasteiger partial charge in [0.2, 0.25) is 5.91 Å². The fourth-order valence-corrected chi connectivity index (χ4v) is 2.16. The van der Waals surface area contributed by atoms with Gasteiger partial charge in [-0.25, -0.2) is 4.79 Å². The highest BCUT2D eigenvalue weighted by Crippen LogP contribution is 2.25. The van der Waals surface area contributed by atoms with E-state index in [2.05, 4.69) is 5.32 Å². The highest BCUT2D eigenvalue weighted by atomic mass is 35.5. The third-order valence-electron chi connectivity index (χ3n) is 3.10. The number of amides is 1. The van der Waals surface area contributed by atoms with Crippen LogP contribution in [0.2, 0.25) is 5.02 Å². The van der Waals surface area contributed by atoms with Crippen LogP contribution >= 0.6 is 11.6 Å². The van der Waals surface area contributed by atoms with Gasteiger partial charge in [0.05, 0.1) is 12.1 Å². The van der Waals surface area contributed by atoms with E-state index in [1.165, 1.54) is 14.2 Å². The standard InChI is InChI=1S/C15H20ClNO5/c1-21-8-7-12(15(19)20)17-14(18)6-4-10-3-5-13(22-2)11(16)9-10/h3,5,9,12H,4,6-8H2,1-2H3,(H,17,18)(H,19,20). The first-order chi connectivity index (χ1) is 10.5. The molecule has 122 valence electrons. The molecule has 0 spiro atoms. The van der Waals surface area contributed by atoms with Crippen LogP contribution in [-0.2, 0) is 20.7 Å². The molecule has 0 saturated carbocycles. The van der Waals surface area contributed by atoms with E-state index < -0.39 is 12.0 Å². The van der Waals surface area contributed by atoms with Crippen LogP contribution in [0.25, 0.3) is 0 Å². The molecule has 1 atom stereocenters. The maximum atomic E-state index is 11.8. The normalized spacial score (nSPS) is 11.8. The second-order valence-electron chi connectivity index (χ2n) is 4.71. The Bertz CT molecular complexity index is 521. The van der Waals surface area contributed by atoms with E-state index in [0.29, 0.717) is 17.2 Å². The van der Waals surface area contributed by atoms with Crippen LogP contribution in [0, 0.1) is 0 Å². The first-order valence-electron chi connectivity index (χ1n) is 6.81. The van der Waals surface area contributed by atoms with Crippen molar-refractivity contribution in [1.29, 1.82) is 0 Å². The van der Waals surface area contributed by atoms with Crippen LogP contribution in [0.4, 0.5) is 0 Å². The first kappa shape index (κ1) is 18.3. The smallest absolute Gasteiger partial charge is 0.326 e. The molecule has 1 amide bonds. The van der Waals surface area contributed by atoms with Crippen molar-refractivity contribution >= 4 is 23.5 Å². The molecule has 22 heavy (non-hydrogen) atoms. The second-order valence-corrected chi connectivity index (χ2v) is 5.12. The summed E-state index contributed by atoms with van der Waals surface area (Å²) in [5, 5.41) is 12.0. The lowest BCUT2D eigenvalue weighted by atomic mass is 10.1. The quantitative estimate of drug-likeness (QED) is 0.722. The van der Waals surface area contributed by atoms with E-state index in [9.17, 15) is 9.59 Å². The van der Waals surface area contributed by atoms with Gasteiger partial charge in [0, 0.05) is 26.6 Å². The molecule has 0 aromatic heterocycles. The number of carbonyl (C=O) groups is 2. The number of carboxylic acids is 1. The summed E-state index contributed by atoms with van der Waals surface area (Å²) in [6.07, 6.45) is 0.873. The van der Waals surface area contributed by atoms with Gasteiger partial charge in [-0.1, -0.05) is 17.7 Å². The Morgan fingerprint density at radius 2 is 2.09 bits per heavy atom. The van der Waals surface area contributed by atoms with Crippen LogP contribution in [0.5, 0.6) is 5.75 Å². The monoisotopic (exact) mass is 329 g/mol. The van der Waals surface area contributed by atoms with Gasteiger partial charge in [-0.15, -0.1) is 0 Å². The van der Waals surface area contributed by atoms with E-state index in [0.717, 1.165) is 5.56 Å². The molecule has 0 aliphatic rings. The van der Waals surface area contributed by atoms with Gasteiger partial charge in [-0.3, -0.25) is 4.79 Å². The Balaban J connectivity index is 2.51. The van der Waals surface area contributed by atoms with Crippen LogP contribution < -0.4 is 10.1 Å². The van der Waals surface area contributed by atoms with Gasteiger partial charge in [-0.05, 0) is 24.1 Å². The molecule has 7 heteroatoms. The van der Waals surface area contributed by atoms with Gasteiger partial charge < -0.3 is 19.9 Å². The number of benzene rings is 1. The molecule has 1 unspecified atom stereocenters. The largest absolute Gasteiger partial charge is 0.495 e. The van der Waals surface area contributed by atoms with Gasteiger partial charge >= 0.3 is 5.97 Å². The number of hydrogen-bond acceptors (Lipinski definition) is 4. The molecule has 0 bridgehead atoms. The number of halogens is 1. The number of hydrogen-bond donors (Lipinski definition) is 2. The van der Waals surface area contributed by atoms with Crippen molar-refractivity contribution in [3.63, 3.8) is 0 Å². The average Bonchev–Trinajstić information content (AvgIpc) is 2.49. The molecule has 0 aliphatic heterocycles. The molecule has 1 rings (SSSR count). The number of aryl methyl sites for hydroxylation is 1. The fraction of sp³-hybridized carbons (Fsp3) is 0.467. The van der Waals surface area contributed by atoms with Crippen LogP contribution in [-0.4, -0.2) is 43.9 Å². The molecular weight excluding hydrogens is 310 g/mol. The third-order valence-corrected chi connectivity index (χ3v) is 3.40. The summed E-state index contributed by atoms with van der Waals surface area (Å²) in [4.78, 5) is 22.9. The first-order valence-corrected chi connectivity index (χ1v) is 7.19. The molecule has 1 aromatic rings. The molecule has 0 radical (unpaired) electrons. The third kappa shape index (κ3) is 5.91. The topological polar surface area (TPSA) is 84.9 Å². The number of carboxylic acid groups (broad SMARTS) is 1. The minimum Gasteiger partial charge on any atom is -0.495 e. The maximum Gasteiger partial charge on any atom is 0.326 e. The average molecular weight is 330 g/mol. The van der Waals surface area contributed by atoms with Crippen LogP contribution in [0.15, 0.2) is 18.2 Å².